The molecule has 0 radical (unpaired) electrons. The molecule has 112 valence electrons. The van der Waals surface area contributed by atoms with Crippen molar-refractivity contribution in [2.24, 2.45) is 0 Å². The van der Waals surface area contributed by atoms with Crippen molar-refractivity contribution in [1.29, 1.82) is 5.26 Å². The van der Waals surface area contributed by atoms with Gasteiger partial charge in [0.05, 0.1) is 6.07 Å². The van der Waals surface area contributed by atoms with Crippen LogP contribution in [0.15, 0.2) is 91.0 Å². The van der Waals surface area contributed by atoms with E-state index in [-0.39, 0.29) is 0 Å². The molecule has 1 nitrogen and oxygen atoms in total. The van der Waals surface area contributed by atoms with Gasteiger partial charge in [-0.3, -0.25) is 0 Å². The van der Waals surface area contributed by atoms with E-state index >= 15 is 0 Å². The Kier molecular flexibility index (Phi) is 3.57. The number of nitrogens with zero attached hydrogens (tertiary/aromatic N) is 1. The van der Waals surface area contributed by atoms with Gasteiger partial charge >= 0.3 is 0 Å². The summed E-state index contributed by atoms with van der Waals surface area (Å²) in [5.41, 5.74) is 3.14. The lowest BCUT2D eigenvalue weighted by Gasteiger charge is -2.13. The summed E-state index contributed by atoms with van der Waals surface area (Å²) in [7, 11) is 0. The van der Waals surface area contributed by atoms with Gasteiger partial charge in [0.25, 0.3) is 0 Å². The molecule has 0 bridgehead atoms. The van der Waals surface area contributed by atoms with E-state index in [1.807, 2.05) is 36.4 Å². The molecule has 0 saturated carbocycles. The number of rotatable bonds is 2. The molecule has 1 heteroatoms. The van der Waals surface area contributed by atoms with Crippen molar-refractivity contribution in [3.8, 4) is 6.07 Å². The lowest BCUT2D eigenvalue weighted by Crippen LogP contribution is -1.91. The first-order valence-corrected chi connectivity index (χ1v) is 7.94. The zero-order valence-corrected chi connectivity index (χ0v) is 13.1. The minimum atomic E-state index is 0.964. The highest BCUT2D eigenvalue weighted by Gasteiger charge is 2.11. The highest BCUT2D eigenvalue weighted by molar-refractivity contribution is 6.04. The minimum absolute atomic E-state index is 0.964. The number of nitriles is 1. The Morgan fingerprint density at radius 1 is 0.625 bits per heavy atom. The normalized spacial score (nSPS) is 10.5. The van der Waals surface area contributed by atoms with Gasteiger partial charge in [-0.05, 0) is 32.7 Å². The van der Waals surface area contributed by atoms with Crippen LogP contribution >= 0.6 is 0 Å². The molecule has 0 saturated heterocycles. The first-order chi connectivity index (χ1) is 11.9. The average Bonchev–Trinajstić information content (AvgIpc) is 2.65. The molecule has 24 heavy (non-hydrogen) atoms. The van der Waals surface area contributed by atoms with Gasteiger partial charge in [-0.15, -0.1) is 0 Å². The molecular formula is C23H15N. The Bertz CT molecular complexity index is 1020. The van der Waals surface area contributed by atoms with Crippen molar-refractivity contribution in [3.05, 3.63) is 102 Å². The number of allylic oxidation sites excluding steroid dienone is 1. The zero-order valence-electron chi connectivity index (χ0n) is 13.1. The second kappa shape index (κ2) is 6.02. The first kappa shape index (κ1) is 14.2. The molecule has 0 fully saturated rings. The fourth-order valence-electron chi connectivity index (χ4n) is 3.29. The van der Waals surface area contributed by atoms with Crippen LogP contribution in [0.3, 0.4) is 0 Å². The highest BCUT2D eigenvalue weighted by atomic mass is 14.2. The summed E-state index contributed by atoms with van der Waals surface area (Å²) in [6, 6.07) is 31.3. The maximum absolute atomic E-state index is 9.38. The van der Waals surface area contributed by atoms with E-state index in [4.69, 9.17) is 0 Å². The summed E-state index contributed by atoms with van der Waals surface area (Å²) in [6.45, 7) is 0. The molecule has 0 amide bonds. The molecule has 0 aliphatic heterocycles. The molecule has 0 aliphatic rings. The van der Waals surface area contributed by atoms with E-state index in [1.165, 1.54) is 10.8 Å². The van der Waals surface area contributed by atoms with E-state index in [2.05, 4.69) is 54.6 Å². The van der Waals surface area contributed by atoms with Gasteiger partial charge < -0.3 is 0 Å². The van der Waals surface area contributed by atoms with Gasteiger partial charge in [-0.2, -0.15) is 5.26 Å². The fourth-order valence-corrected chi connectivity index (χ4v) is 3.29. The van der Waals surface area contributed by atoms with Crippen LogP contribution in [0.25, 0.3) is 27.1 Å². The van der Waals surface area contributed by atoms with Crippen molar-refractivity contribution in [2.75, 3.05) is 0 Å². The summed E-state index contributed by atoms with van der Waals surface area (Å²) in [5.74, 6) is 0. The maximum atomic E-state index is 9.38. The summed E-state index contributed by atoms with van der Waals surface area (Å²) >= 11 is 0. The van der Waals surface area contributed by atoms with Gasteiger partial charge in [0.1, 0.15) is 0 Å². The van der Waals surface area contributed by atoms with Crippen molar-refractivity contribution >= 4 is 27.1 Å². The van der Waals surface area contributed by atoms with Crippen LogP contribution in [0.4, 0.5) is 0 Å². The van der Waals surface area contributed by atoms with Crippen LogP contribution in [0.1, 0.15) is 11.1 Å². The molecule has 0 aliphatic carbocycles. The smallest absolute Gasteiger partial charge is 0.0918 e. The monoisotopic (exact) mass is 305 g/mol. The van der Waals surface area contributed by atoms with Crippen molar-refractivity contribution < 1.29 is 0 Å². The first-order valence-electron chi connectivity index (χ1n) is 7.94. The van der Waals surface area contributed by atoms with Crippen LogP contribution in [-0.2, 0) is 0 Å². The van der Waals surface area contributed by atoms with E-state index in [0.29, 0.717) is 0 Å². The largest absolute Gasteiger partial charge is 0.193 e. The van der Waals surface area contributed by atoms with Gasteiger partial charge in [0.2, 0.25) is 0 Å². The lowest BCUT2D eigenvalue weighted by molar-refractivity contribution is 1.53. The maximum Gasteiger partial charge on any atom is 0.0918 e. The molecule has 4 aromatic carbocycles. The molecular weight excluding hydrogens is 290 g/mol. The molecule has 0 unspecified atom stereocenters. The van der Waals surface area contributed by atoms with Gasteiger partial charge in [-0.1, -0.05) is 84.9 Å². The SMILES string of the molecule is N#CC=C(c1cccc2ccccc12)c1cccc2ccccc12. The third-order valence-electron chi connectivity index (χ3n) is 4.37. The van der Waals surface area contributed by atoms with E-state index in [1.54, 1.807) is 6.08 Å². The third-order valence-corrected chi connectivity index (χ3v) is 4.37. The predicted molar refractivity (Wildman–Crippen MR) is 101 cm³/mol. The van der Waals surface area contributed by atoms with E-state index in [0.717, 1.165) is 27.5 Å². The highest BCUT2D eigenvalue weighted by Crippen LogP contribution is 2.33. The number of fused-ring (bicyclic) bond motifs is 2. The topological polar surface area (TPSA) is 23.8 Å². The Hall–Kier alpha value is -3.37. The molecule has 4 rings (SSSR count). The molecule has 0 spiro atoms. The average molecular weight is 305 g/mol. The van der Waals surface area contributed by atoms with Crippen molar-refractivity contribution in [2.45, 2.75) is 0 Å². The van der Waals surface area contributed by atoms with Crippen LogP contribution < -0.4 is 0 Å². The fraction of sp³-hybridized carbons (Fsp3) is 0. The van der Waals surface area contributed by atoms with Crippen molar-refractivity contribution in [1.82, 2.24) is 0 Å². The molecule has 4 aromatic rings. The van der Waals surface area contributed by atoms with Gasteiger partial charge in [0.15, 0.2) is 0 Å². The van der Waals surface area contributed by atoms with Crippen LogP contribution in [0.2, 0.25) is 0 Å². The molecule has 0 atom stereocenters. The number of hydrogen-bond donors (Lipinski definition) is 0. The molecule has 0 aromatic heterocycles. The van der Waals surface area contributed by atoms with E-state index < -0.39 is 0 Å². The molecule has 0 N–H and O–H groups in total. The van der Waals surface area contributed by atoms with E-state index in [9.17, 15) is 5.26 Å². The zero-order chi connectivity index (χ0) is 16.4. The Labute approximate surface area is 141 Å². The lowest BCUT2D eigenvalue weighted by atomic mass is 9.90. The number of benzene rings is 4. The predicted octanol–water partition coefficient (Wildman–Crippen LogP) is 5.95. The summed E-state index contributed by atoms with van der Waals surface area (Å²) < 4.78 is 0. The summed E-state index contributed by atoms with van der Waals surface area (Å²) in [4.78, 5) is 0. The third kappa shape index (κ3) is 2.35. The second-order valence-corrected chi connectivity index (χ2v) is 5.74. The number of hydrogen-bond acceptors (Lipinski definition) is 1. The second-order valence-electron chi connectivity index (χ2n) is 5.74. The quantitative estimate of drug-likeness (QED) is 0.420. The van der Waals surface area contributed by atoms with Gasteiger partial charge in [0, 0.05) is 11.6 Å². The Balaban J connectivity index is 2.05. The van der Waals surface area contributed by atoms with Gasteiger partial charge in [-0.25, -0.2) is 0 Å². The Morgan fingerprint density at radius 2 is 1.08 bits per heavy atom. The standard InChI is InChI=1S/C23H15N/c24-16-15-23(21-13-5-9-17-7-1-3-11-19(17)21)22-14-6-10-18-8-2-4-12-20(18)22/h1-15H. The van der Waals surface area contributed by atoms with Crippen molar-refractivity contribution in [3.63, 3.8) is 0 Å². The Morgan fingerprint density at radius 3 is 1.58 bits per heavy atom. The summed E-state index contributed by atoms with van der Waals surface area (Å²) in [5, 5.41) is 14.1. The minimum Gasteiger partial charge on any atom is -0.193 e. The summed E-state index contributed by atoms with van der Waals surface area (Å²) in [6.07, 6.45) is 1.66. The van der Waals surface area contributed by atoms with Crippen LogP contribution in [0, 0.1) is 11.3 Å². The van der Waals surface area contributed by atoms with Crippen LogP contribution in [-0.4, -0.2) is 0 Å². The van der Waals surface area contributed by atoms with Crippen LogP contribution in [0.5, 0.6) is 0 Å². The molecule has 0 heterocycles.